The topological polar surface area (TPSA) is 90.9 Å². The standard InChI is InChI=1S/C26H22ClFN4O2S/c27-26(12-4-9-23(28)22(26)15-29)24-11-10-18(16-31-24)14-19-17-32(25-21(19)8-5-13-30-25)35(33,34)20-6-2-1-3-7-20/h1-13,16-17,22H,14-15,29H2. The van der Waals surface area contributed by atoms with Gasteiger partial charge in [0, 0.05) is 36.9 Å². The van der Waals surface area contributed by atoms with Crippen LogP contribution in [-0.2, 0) is 21.3 Å². The summed E-state index contributed by atoms with van der Waals surface area (Å²) in [5.41, 5.74) is 8.27. The number of allylic oxidation sites excluding steroid dienone is 3. The number of benzene rings is 1. The van der Waals surface area contributed by atoms with E-state index in [1.54, 1.807) is 73.2 Å². The van der Waals surface area contributed by atoms with Crippen molar-refractivity contribution in [1.82, 2.24) is 13.9 Å². The maximum absolute atomic E-state index is 14.3. The highest BCUT2D eigenvalue weighted by molar-refractivity contribution is 7.90. The normalized spacial score (nSPS) is 20.2. The van der Waals surface area contributed by atoms with Crippen molar-refractivity contribution in [3.05, 3.63) is 114 Å². The Bertz CT molecular complexity index is 1550. The van der Waals surface area contributed by atoms with Gasteiger partial charge in [0.15, 0.2) is 5.65 Å². The molecular weight excluding hydrogens is 487 g/mol. The largest absolute Gasteiger partial charge is 0.330 e. The maximum atomic E-state index is 14.3. The summed E-state index contributed by atoms with van der Waals surface area (Å²) in [6.07, 6.45) is 9.89. The zero-order chi connectivity index (χ0) is 24.6. The summed E-state index contributed by atoms with van der Waals surface area (Å²) in [5, 5.41) is 0.732. The average Bonchev–Trinajstić information content (AvgIpc) is 3.24. The number of nitrogens with two attached hydrogens (primary N) is 1. The molecule has 178 valence electrons. The first-order chi connectivity index (χ1) is 16.8. The number of alkyl halides is 1. The molecule has 0 radical (unpaired) electrons. The summed E-state index contributed by atoms with van der Waals surface area (Å²) in [5.74, 6) is -1.09. The predicted octanol–water partition coefficient (Wildman–Crippen LogP) is 4.69. The molecule has 5 rings (SSSR count). The van der Waals surface area contributed by atoms with Crippen molar-refractivity contribution in [2.75, 3.05) is 6.54 Å². The van der Waals surface area contributed by atoms with Crippen LogP contribution in [0.3, 0.4) is 0 Å². The fraction of sp³-hybridized carbons (Fsp3) is 0.154. The molecule has 0 spiro atoms. The highest BCUT2D eigenvalue weighted by Crippen LogP contribution is 2.43. The summed E-state index contributed by atoms with van der Waals surface area (Å²) in [7, 11) is -3.82. The Kier molecular flexibility index (Phi) is 6.04. The van der Waals surface area contributed by atoms with Gasteiger partial charge in [0.2, 0.25) is 0 Å². The Morgan fingerprint density at radius 2 is 1.89 bits per heavy atom. The molecule has 3 heterocycles. The quantitative estimate of drug-likeness (QED) is 0.381. The molecule has 0 saturated carbocycles. The lowest BCUT2D eigenvalue weighted by molar-refractivity contribution is 0.400. The van der Waals surface area contributed by atoms with Crippen molar-refractivity contribution < 1.29 is 12.8 Å². The molecule has 0 fully saturated rings. The van der Waals surface area contributed by atoms with E-state index in [0.29, 0.717) is 17.8 Å². The number of aromatic nitrogens is 3. The molecule has 3 aromatic heterocycles. The van der Waals surface area contributed by atoms with E-state index in [9.17, 15) is 12.8 Å². The molecule has 1 aliphatic rings. The van der Waals surface area contributed by atoms with E-state index in [0.717, 1.165) is 16.5 Å². The van der Waals surface area contributed by atoms with Crippen LogP contribution in [0.15, 0.2) is 102 Å². The molecule has 9 heteroatoms. The van der Waals surface area contributed by atoms with Crippen molar-refractivity contribution >= 4 is 32.7 Å². The fourth-order valence-electron chi connectivity index (χ4n) is 4.36. The molecule has 0 amide bonds. The van der Waals surface area contributed by atoms with Gasteiger partial charge < -0.3 is 5.73 Å². The van der Waals surface area contributed by atoms with Crippen LogP contribution < -0.4 is 5.73 Å². The third kappa shape index (κ3) is 4.07. The molecule has 0 bridgehead atoms. The average molecular weight is 509 g/mol. The third-order valence-electron chi connectivity index (χ3n) is 6.20. The van der Waals surface area contributed by atoms with E-state index in [1.807, 2.05) is 12.1 Å². The lowest BCUT2D eigenvalue weighted by Gasteiger charge is -2.32. The highest BCUT2D eigenvalue weighted by Gasteiger charge is 2.41. The van der Waals surface area contributed by atoms with Gasteiger partial charge in [-0.05, 0) is 47.5 Å². The van der Waals surface area contributed by atoms with Gasteiger partial charge >= 0.3 is 0 Å². The van der Waals surface area contributed by atoms with Crippen LogP contribution in [0, 0.1) is 5.92 Å². The number of fused-ring (bicyclic) bond motifs is 1. The van der Waals surface area contributed by atoms with E-state index in [2.05, 4.69) is 9.97 Å². The second-order valence-corrected chi connectivity index (χ2v) is 10.8. The Morgan fingerprint density at radius 1 is 1.09 bits per heavy atom. The molecule has 2 N–H and O–H groups in total. The van der Waals surface area contributed by atoms with Gasteiger partial charge in [0.25, 0.3) is 10.0 Å². The first-order valence-electron chi connectivity index (χ1n) is 11.0. The van der Waals surface area contributed by atoms with Crippen LogP contribution >= 0.6 is 11.6 Å². The van der Waals surface area contributed by atoms with Crippen molar-refractivity contribution in [1.29, 1.82) is 0 Å². The van der Waals surface area contributed by atoms with Crippen molar-refractivity contribution in [3.63, 3.8) is 0 Å². The lowest BCUT2D eigenvalue weighted by Crippen LogP contribution is -2.36. The van der Waals surface area contributed by atoms with Crippen LogP contribution in [0.1, 0.15) is 16.8 Å². The number of hydrogen-bond donors (Lipinski definition) is 1. The minimum absolute atomic E-state index is 0.0436. The van der Waals surface area contributed by atoms with Gasteiger partial charge in [0.1, 0.15) is 10.7 Å². The van der Waals surface area contributed by atoms with Crippen molar-refractivity contribution in [2.24, 2.45) is 11.7 Å². The number of pyridine rings is 2. The zero-order valence-corrected chi connectivity index (χ0v) is 20.1. The van der Waals surface area contributed by atoms with E-state index >= 15 is 0 Å². The second-order valence-electron chi connectivity index (χ2n) is 8.34. The Hall–Kier alpha value is -3.33. The van der Waals surface area contributed by atoms with Crippen LogP contribution in [-0.4, -0.2) is 28.9 Å². The first kappa shape index (κ1) is 23.4. The predicted molar refractivity (Wildman–Crippen MR) is 134 cm³/mol. The van der Waals surface area contributed by atoms with Crippen LogP contribution in [0.5, 0.6) is 0 Å². The monoisotopic (exact) mass is 508 g/mol. The molecule has 0 saturated heterocycles. The molecule has 1 aliphatic carbocycles. The molecule has 2 atom stereocenters. The Balaban J connectivity index is 1.50. The Labute approximate surface area is 207 Å². The molecule has 4 aromatic rings. The summed E-state index contributed by atoms with van der Waals surface area (Å²) in [4.78, 5) is 7.86. The van der Waals surface area contributed by atoms with Gasteiger partial charge in [-0.2, -0.15) is 0 Å². The van der Waals surface area contributed by atoms with Gasteiger partial charge in [-0.1, -0.05) is 36.4 Å². The third-order valence-corrected chi connectivity index (χ3v) is 8.44. The smallest absolute Gasteiger partial charge is 0.269 e. The minimum Gasteiger partial charge on any atom is -0.330 e. The summed E-state index contributed by atoms with van der Waals surface area (Å²) in [6.45, 7) is 0.0436. The minimum atomic E-state index is -3.82. The molecule has 0 aliphatic heterocycles. The van der Waals surface area contributed by atoms with E-state index in [1.165, 1.54) is 10.0 Å². The molecule has 2 unspecified atom stereocenters. The summed E-state index contributed by atoms with van der Waals surface area (Å²) >= 11 is 6.78. The SMILES string of the molecule is NCC1C(F)=CC=CC1(Cl)c1ccc(Cc2cn(S(=O)(=O)c3ccccc3)c3ncccc23)cn1. The van der Waals surface area contributed by atoms with Crippen LogP contribution in [0.2, 0.25) is 0 Å². The van der Waals surface area contributed by atoms with E-state index in [4.69, 9.17) is 17.3 Å². The number of hydrogen-bond acceptors (Lipinski definition) is 5. The van der Waals surface area contributed by atoms with Gasteiger partial charge in [0.05, 0.1) is 16.5 Å². The number of halogens is 2. The Morgan fingerprint density at radius 3 is 2.60 bits per heavy atom. The van der Waals surface area contributed by atoms with Crippen molar-refractivity contribution in [2.45, 2.75) is 16.2 Å². The number of rotatable bonds is 6. The van der Waals surface area contributed by atoms with E-state index < -0.39 is 20.8 Å². The lowest BCUT2D eigenvalue weighted by atomic mass is 9.83. The molecule has 35 heavy (non-hydrogen) atoms. The van der Waals surface area contributed by atoms with Crippen LogP contribution in [0.4, 0.5) is 4.39 Å². The second kappa shape index (κ2) is 9.03. The van der Waals surface area contributed by atoms with Crippen molar-refractivity contribution in [3.8, 4) is 0 Å². The molecular formula is C26H22ClFN4O2S. The van der Waals surface area contributed by atoms with Crippen LogP contribution in [0.25, 0.3) is 11.0 Å². The molecule has 6 nitrogen and oxygen atoms in total. The highest BCUT2D eigenvalue weighted by atomic mass is 35.5. The summed E-state index contributed by atoms with van der Waals surface area (Å²) in [6, 6.07) is 15.5. The fourth-order valence-corrected chi connectivity index (χ4v) is 6.11. The van der Waals surface area contributed by atoms with Gasteiger partial charge in [-0.25, -0.2) is 21.8 Å². The zero-order valence-electron chi connectivity index (χ0n) is 18.6. The molecule has 1 aromatic carbocycles. The summed E-state index contributed by atoms with van der Waals surface area (Å²) < 4.78 is 42.1. The van der Waals surface area contributed by atoms with E-state index in [-0.39, 0.29) is 17.3 Å². The number of nitrogens with zero attached hydrogens (tertiary/aromatic N) is 3. The maximum Gasteiger partial charge on any atom is 0.269 e. The van der Waals surface area contributed by atoms with Gasteiger partial charge in [-0.15, -0.1) is 11.6 Å². The first-order valence-corrected chi connectivity index (χ1v) is 12.8. The van der Waals surface area contributed by atoms with Gasteiger partial charge in [-0.3, -0.25) is 4.98 Å².